The Bertz CT molecular complexity index is 745. The summed E-state index contributed by atoms with van der Waals surface area (Å²) in [5.74, 6) is 0.257. The number of likely N-dealkylation sites (N-methyl/N-ethyl adjacent to an activating group) is 1. The Kier molecular flexibility index (Phi) is 5.11. The molecule has 2 aromatic rings. The number of rotatable bonds is 3. The summed E-state index contributed by atoms with van der Waals surface area (Å²) in [7, 11) is 2.09. The predicted molar refractivity (Wildman–Crippen MR) is 95.4 cm³/mol. The van der Waals surface area contributed by atoms with Crippen LogP contribution in [0.15, 0.2) is 24.3 Å². The molecule has 0 unspecified atom stereocenters. The number of carbonyl (C=O) groups excluding carboxylic acids is 1. The van der Waals surface area contributed by atoms with Crippen molar-refractivity contribution in [3.8, 4) is 0 Å². The molecule has 0 aliphatic carbocycles. The van der Waals surface area contributed by atoms with E-state index in [4.69, 9.17) is 4.74 Å². The Labute approximate surface area is 143 Å². The molecule has 0 bridgehead atoms. The van der Waals surface area contributed by atoms with Crippen LogP contribution < -0.4 is 5.32 Å². The maximum atomic E-state index is 12.6. The lowest BCUT2D eigenvalue weighted by Crippen LogP contribution is -2.36. The zero-order chi connectivity index (χ0) is 17.1. The van der Waals surface area contributed by atoms with Crippen molar-refractivity contribution in [3.63, 3.8) is 0 Å². The van der Waals surface area contributed by atoms with E-state index in [9.17, 15) is 4.79 Å². The van der Waals surface area contributed by atoms with Gasteiger partial charge in [-0.3, -0.25) is 9.78 Å². The number of pyridine rings is 1. The normalized spacial score (nSPS) is 19.2. The Hall–Kier alpha value is -1.98. The number of hydrogen-bond donors (Lipinski definition) is 1. The highest BCUT2D eigenvalue weighted by atomic mass is 16.5. The van der Waals surface area contributed by atoms with Crippen LogP contribution >= 0.6 is 0 Å². The van der Waals surface area contributed by atoms with Crippen LogP contribution in [0.4, 0.5) is 0 Å². The Morgan fingerprint density at radius 1 is 1.42 bits per heavy atom. The molecule has 1 aromatic carbocycles. The summed E-state index contributed by atoms with van der Waals surface area (Å²) in [6, 6.07) is 7.97. The average Bonchev–Trinajstić information content (AvgIpc) is 2.77. The number of para-hydroxylation sites is 1. The van der Waals surface area contributed by atoms with Crippen molar-refractivity contribution in [2.24, 2.45) is 5.92 Å². The third-order valence-electron chi connectivity index (χ3n) is 4.57. The van der Waals surface area contributed by atoms with E-state index in [0.717, 1.165) is 41.9 Å². The minimum Gasteiger partial charge on any atom is -0.380 e. The van der Waals surface area contributed by atoms with Crippen molar-refractivity contribution in [2.75, 3.05) is 39.9 Å². The number of amides is 1. The number of aryl methyl sites for hydroxylation is 2. The van der Waals surface area contributed by atoms with Crippen LogP contribution in [0.5, 0.6) is 0 Å². The number of nitrogens with zero attached hydrogens (tertiary/aromatic N) is 2. The van der Waals surface area contributed by atoms with E-state index in [0.29, 0.717) is 24.6 Å². The standard InChI is InChI=1S/C19H25N3O2/c1-13-5-4-6-16-9-17(14(2)21-18(13)16)19(23)20-10-15-11-22(3)7-8-24-12-15/h4-6,9,15H,7-8,10-12H2,1-3H3,(H,20,23)/t15-/m0/s1. The molecule has 1 fully saturated rings. The first-order chi connectivity index (χ1) is 11.5. The zero-order valence-corrected chi connectivity index (χ0v) is 14.6. The molecule has 0 saturated carbocycles. The summed E-state index contributed by atoms with van der Waals surface area (Å²) in [4.78, 5) is 19.5. The van der Waals surface area contributed by atoms with Gasteiger partial charge in [0.2, 0.25) is 0 Å². The van der Waals surface area contributed by atoms with Gasteiger partial charge in [0.25, 0.3) is 5.91 Å². The monoisotopic (exact) mass is 327 g/mol. The van der Waals surface area contributed by atoms with Crippen molar-refractivity contribution in [1.82, 2.24) is 15.2 Å². The molecule has 1 aliphatic rings. The molecule has 2 heterocycles. The number of fused-ring (bicyclic) bond motifs is 1. The molecule has 24 heavy (non-hydrogen) atoms. The largest absolute Gasteiger partial charge is 0.380 e. The molecule has 3 rings (SSSR count). The van der Waals surface area contributed by atoms with E-state index in [2.05, 4.69) is 22.2 Å². The van der Waals surface area contributed by atoms with E-state index in [1.165, 1.54) is 0 Å². The van der Waals surface area contributed by atoms with Crippen LogP contribution in [0.1, 0.15) is 21.6 Å². The predicted octanol–water partition coefficient (Wildman–Crippen LogP) is 2.16. The molecule has 0 radical (unpaired) electrons. The second-order valence-electron chi connectivity index (χ2n) is 6.68. The number of aromatic nitrogens is 1. The lowest BCUT2D eigenvalue weighted by molar-refractivity contribution is 0.0920. The second kappa shape index (κ2) is 7.28. The van der Waals surface area contributed by atoms with Gasteiger partial charge in [0.05, 0.1) is 30.0 Å². The highest BCUT2D eigenvalue weighted by Gasteiger charge is 2.18. The molecule has 1 saturated heterocycles. The number of benzene rings is 1. The fourth-order valence-corrected chi connectivity index (χ4v) is 3.18. The van der Waals surface area contributed by atoms with Crippen molar-refractivity contribution in [2.45, 2.75) is 13.8 Å². The van der Waals surface area contributed by atoms with Gasteiger partial charge in [-0.15, -0.1) is 0 Å². The van der Waals surface area contributed by atoms with Gasteiger partial charge in [-0.05, 0) is 32.5 Å². The van der Waals surface area contributed by atoms with E-state index < -0.39 is 0 Å². The minimum absolute atomic E-state index is 0.0599. The molecule has 1 aromatic heterocycles. The molecule has 1 amide bonds. The van der Waals surface area contributed by atoms with E-state index in [1.54, 1.807) is 0 Å². The minimum atomic E-state index is -0.0599. The van der Waals surface area contributed by atoms with Crippen LogP contribution in [-0.4, -0.2) is 55.7 Å². The SMILES string of the molecule is Cc1nc2c(C)cccc2cc1C(=O)NC[C@@H]1COCCN(C)C1. The van der Waals surface area contributed by atoms with Gasteiger partial charge in [-0.25, -0.2) is 0 Å². The molecule has 1 atom stereocenters. The van der Waals surface area contributed by atoms with E-state index >= 15 is 0 Å². The molecule has 5 nitrogen and oxygen atoms in total. The topological polar surface area (TPSA) is 54.5 Å². The molecule has 0 spiro atoms. The molecule has 1 N–H and O–H groups in total. The summed E-state index contributed by atoms with van der Waals surface area (Å²) in [6.07, 6.45) is 0. The van der Waals surface area contributed by atoms with Gasteiger partial charge >= 0.3 is 0 Å². The van der Waals surface area contributed by atoms with Crippen LogP contribution in [0, 0.1) is 19.8 Å². The number of nitrogens with one attached hydrogen (secondary N) is 1. The summed E-state index contributed by atoms with van der Waals surface area (Å²) < 4.78 is 5.60. The van der Waals surface area contributed by atoms with Crippen LogP contribution in [0.3, 0.4) is 0 Å². The third-order valence-corrected chi connectivity index (χ3v) is 4.57. The van der Waals surface area contributed by atoms with Gasteiger partial charge in [0, 0.05) is 30.9 Å². The summed E-state index contributed by atoms with van der Waals surface area (Å²) in [5, 5.41) is 4.05. The number of hydrogen-bond acceptors (Lipinski definition) is 4. The quantitative estimate of drug-likeness (QED) is 0.939. The molecule has 128 valence electrons. The first-order valence-corrected chi connectivity index (χ1v) is 8.46. The highest BCUT2D eigenvalue weighted by molar-refractivity contribution is 5.99. The first-order valence-electron chi connectivity index (χ1n) is 8.46. The Balaban J connectivity index is 1.73. The maximum Gasteiger partial charge on any atom is 0.253 e. The lowest BCUT2D eigenvalue weighted by atomic mass is 10.1. The van der Waals surface area contributed by atoms with Crippen molar-refractivity contribution in [1.29, 1.82) is 0 Å². The van der Waals surface area contributed by atoms with E-state index in [1.807, 2.05) is 38.1 Å². The van der Waals surface area contributed by atoms with Crippen molar-refractivity contribution in [3.05, 3.63) is 41.1 Å². The lowest BCUT2D eigenvalue weighted by Gasteiger charge is -2.19. The second-order valence-corrected chi connectivity index (χ2v) is 6.68. The molecule has 1 aliphatic heterocycles. The molecule has 5 heteroatoms. The van der Waals surface area contributed by atoms with Gasteiger partial charge in [-0.1, -0.05) is 18.2 Å². The fourth-order valence-electron chi connectivity index (χ4n) is 3.18. The highest BCUT2D eigenvalue weighted by Crippen LogP contribution is 2.19. The maximum absolute atomic E-state index is 12.6. The van der Waals surface area contributed by atoms with Gasteiger partial charge in [-0.2, -0.15) is 0 Å². The Morgan fingerprint density at radius 2 is 2.25 bits per heavy atom. The average molecular weight is 327 g/mol. The van der Waals surface area contributed by atoms with Crippen LogP contribution in [0.25, 0.3) is 10.9 Å². The van der Waals surface area contributed by atoms with Crippen molar-refractivity contribution >= 4 is 16.8 Å². The number of ether oxygens (including phenoxy) is 1. The summed E-state index contributed by atoms with van der Waals surface area (Å²) >= 11 is 0. The third kappa shape index (κ3) is 3.74. The van der Waals surface area contributed by atoms with E-state index in [-0.39, 0.29) is 5.91 Å². The smallest absolute Gasteiger partial charge is 0.253 e. The van der Waals surface area contributed by atoms with Crippen LogP contribution in [-0.2, 0) is 4.74 Å². The van der Waals surface area contributed by atoms with Gasteiger partial charge in [0.15, 0.2) is 0 Å². The van der Waals surface area contributed by atoms with Crippen molar-refractivity contribution < 1.29 is 9.53 Å². The Morgan fingerprint density at radius 3 is 3.08 bits per heavy atom. The van der Waals surface area contributed by atoms with Gasteiger partial charge in [0.1, 0.15) is 0 Å². The first kappa shape index (κ1) is 16.9. The molecular formula is C19H25N3O2. The summed E-state index contributed by atoms with van der Waals surface area (Å²) in [6.45, 7) is 7.88. The zero-order valence-electron chi connectivity index (χ0n) is 14.6. The summed E-state index contributed by atoms with van der Waals surface area (Å²) in [5.41, 5.74) is 3.51. The number of carbonyl (C=O) groups is 1. The van der Waals surface area contributed by atoms with Crippen LogP contribution in [0.2, 0.25) is 0 Å². The fraction of sp³-hybridized carbons (Fsp3) is 0.474. The van der Waals surface area contributed by atoms with Gasteiger partial charge < -0.3 is 15.0 Å². The molecular weight excluding hydrogens is 302 g/mol.